The second-order valence-electron chi connectivity index (χ2n) is 3.54. The van der Waals surface area contributed by atoms with E-state index in [4.69, 9.17) is 13.0 Å². The predicted octanol–water partition coefficient (Wildman–Crippen LogP) is 2.40. The van der Waals surface area contributed by atoms with Gasteiger partial charge in [0.1, 0.15) is 0 Å². The van der Waals surface area contributed by atoms with E-state index in [1.54, 1.807) is 0 Å². The molecule has 1 aliphatic rings. The lowest BCUT2D eigenvalue weighted by atomic mass is 10.4. The van der Waals surface area contributed by atoms with Gasteiger partial charge in [0.15, 0.2) is 0 Å². The summed E-state index contributed by atoms with van der Waals surface area (Å²) in [7, 11) is -5.84. The van der Waals surface area contributed by atoms with Crippen molar-refractivity contribution in [3.05, 3.63) is 11.8 Å². The molecule has 0 radical (unpaired) electrons. The maximum atomic E-state index is 10.7. The molecule has 0 saturated heterocycles. The van der Waals surface area contributed by atoms with Gasteiger partial charge in [-0.3, -0.25) is 4.55 Å². The van der Waals surface area contributed by atoms with Gasteiger partial charge in [-0.25, -0.2) is 0 Å². The SMILES string of the molecule is CCCN1CCC=C1C.O=S(=O)(O)C(F)(F)F. The van der Waals surface area contributed by atoms with Crippen molar-refractivity contribution >= 4 is 10.1 Å². The molecule has 0 aromatic carbocycles. The van der Waals surface area contributed by atoms with Gasteiger partial charge in [-0.05, 0) is 19.8 Å². The smallest absolute Gasteiger partial charge is 0.375 e. The number of allylic oxidation sites excluding steroid dienone is 1. The van der Waals surface area contributed by atoms with Crippen LogP contribution in [0.15, 0.2) is 11.8 Å². The molecule has 0 aromatic rings. The lowest BCUT2D eigenvalue weighted by Crippen LogP contribution is -2.21. The Labute approximate surface area is 98.9 Å². The van der Waals surface area contributed by atoms with Gasteiger partial charge in [-0.15, -0.1) is 0 Å². The van der Waals surface area contributed by atoms with Crippen molar-refractivity contribution in [2.45, 2.75) is 32.2 Å². The van der Waals surface area contributed by atoms with Gasteiger partial charge in [0.05, 0.1) is 0 Å². The average molecular weight is 275 g/mol. The van der Waals surface area contributed by atoms with Crippen LogP contribution in [-0.2, 0) is 10.1 Å². The van der Waals surface area contributed by atoms with E-state index in [1.165, 1.54) is 31.6 Å². The molecular formula is C9H16F3NO3S. The fourth-order valence-electron chi connectivity index (χ4n) is 1.29. The van der Waals surface area contributed by atoms with Crippen LogP contribution < -0.4 is 0 Å². The van der Waals surface area contributed by atoms with Gasteiger partial charge in [0.25, 0.3) is 0 Å². The third-order valence-electron chi connectivity index (χ3n) is 2.12. The fraction of sp³-hybridized carbons (Fsp3) is 0.778. The summed E-state index contributed by atoms with van der Waals surface area (Å²) in [5.74, 6) is 0. The van der Waals surface area contributed by atoms with Crippen LogP contribution in [0.25, 0.3) is 0 Å². The summed E-state index contributed by atoms with van der Waals surface area (Å²) in [5, 5.41) is 0. The first-order chi connectivity index (χ1) is 7.59. The highest BCUT2D eigenvalue weighted by Crippen LogP contribution is 2.20. The summed E-state index contributed by atoms with van der Waals surface area (Å²) < 4.78 is 57.5. The molecule has 0 aromatic heterocycles. The zero-order valence-electron chi connectivity index (χ0n) is 9.66. The van der Waals surface area contributed by atoms with Gasteiger partial charge in [0, 0.05) is 18.8 Å². The minimum absolute atomic E-state index is 1.24. The van der Waals surface area contributed by atoms with Crippen molar-refractivity contribution in [3.63, 3.8) is 0 Å². The minimum atomic E-state index is -5.84. The molecule has 1 N–H and O–H groups in total. The summed E-state index contributed by atoms with van der Waals surface area (Å²) in [6.07, 6.45) is 4.84. The highest BCUT2D eigenvalue weighted by Gasteiger charge is 2.44. The molecule has 102 valence electrons. The molecule has 1 rings (SSSR count). The number of alkyl halides is 3. The van der Waals surface area contributed by atoms with E-state index in [9.17, 15) is 13.2 Å². The third kappa shape index (κ3) is 5.92. The maximum absolute atomic E-state index is 10.7. The summed E-state index contributed by atoms with van der Waals surface area (Å²) in [6.45, 7) is 6.91. The Bertz CT molecular complexity index is 362. The maximum Gasteiger partial charge on any atom is 0.522 e. The van der Waals surface area contributed by atoms with Crippen molar-refractivity contribution < 1.29 is 26.1 Å². The minimum Gasteiger partial charge on any atom is -0.375 e. The van der Waals surface area contributed by atoms with Gasteiger partial charge in [-0.1, -0.05) is 13.0 Å². The Morgan fingerprint density at radius 3 is 2.18 bits per heavy atom. The average Bonchev–Trinajstić information content (AvgIpc) is 2.50. The molecule has 0 spiro atoms. The van der Waals surface area contributed by atoms with Crippen LogP contribution in [0.2, 0.25) is 0 Å². The zero-order chi connectivity index (χ0) is 13.7. The Balaban J connectivity index is 0.000000304. The largest absolute Gasteiger partial charge is 0.522 e. The zero-order valence-corrected chi connectivity index (χ0v) is 10.5. The molecule has 0 atom stereocenters. The summed E-state index contributed by atoms with van der Waals surface area (Å²) in [4.78, 5) is 2.44. The van der Waals surface area contributed by atoms with E-state index >= 15 is 0 Å². The molecule has 0 saturated carbocycles. The van der Waals surface area contributed by atoms with Gasteiger partial charge < -0.3 is 4.90 Å². The van der Waals surface area contributed by atoms with Crippen molar-refractivity contribution in [2.75, 3.05) is 13.1 Å². The van der Waals surface area contributed by atoms with Crippen LogP contribution >= 0.6 is 0 Å². The Morgan fingerprint density at radius 1 is 1.47 bits per heavy atom. The van der Waals surface area contributed by atoms with E-state index in [2.05, 4.69) is 24.8 Å². The van der Waals surface area contributed by atoms with E-state index < -0.39 is 15.6 Å². The molecular weight excluding hydrogens is 259 g/mol. The quantitative estimate of drug-likeness (QED) is 0.621. The summed E-state index contributed by atoms with van der Waals surface area (Å²) in [5.41, 5.74) is -4.07. The Morgan fingerprint density at radius 2 is 1.94 bits per heavy atom. The molecule has 1 heterocycles. The monoisotopic (exact) mass is 275 g/mol. The van der Waals surface area contributed by atoms with Crippen molar-refractivity contribution in [1.82, 2.24) is 4.90 Å². The summed E-state index contributed by atoms with van der Waals surface area (Å²) in [6, 6.07) is 0. The molecule has 1 aliphatic heterocycles. The lowest BCUT2D eigenvalue weighted by Gasteiger charge is -2.18. The molecule has 0 amide bonds. The number of rotatable bonds is 2. The first-order valence-corrected chi connectivity index (χ1v) is 6.49. The van der Waals surface area contributed by atoms with E-state index in [1.807, 2.05) is 0 Å². The van der Waals surface area contributed by atoms with Crippen molar-refractivity contribution in [2.24, 2.45) is 0 Å². The standard InChI is InChI=1S/C8H15N.CHF3O3S/c1-3-6-9-7-4-5-8(9)2;2-1(3,4)8(5,6)7/h5H,3-4,6-7H2,1-2H3;(H,5,6,7). The summed E-state index contributed by atoms with van der Waals surface area (Å²) >= 11 is 0. The second-order valence-corrected chi connectivity index (χ2v) is 4.96. The first kappa shape index (κ1) is 16.2. The predicted molar refractivity (Wildman–Crippen MR) is 57.8 cm³/mol. The highest BCUT2D eigenvalue weighted by atomic mass is 32.2. The second kappa shape index (κ2) is 6.25. The van der Waals surface area contributed by atoms with Gasteiger partial charge in [0.2, 0.25) is 0 Å². The van der Waals surface area contributed by atoms with Crippen LogP contribution in [0.1, 0.15) is 26.7 Å². The first-order valence-electron chi connectivity index (χ1n) is 5.05. The van der Waals surface area contributed by atoms with Gasteiger partial charge in [-0.2, -0.15) is 21.6 Å². The van der Waals surface area contributed by atoms with Gasteiger partial charge >= 0.3 is 15.6 Å². The Hall–Kier alpha value is -0.760. The molecule has 17 heavy (non-hydrogen) atoms. The number of hydrogen-bond donors (Lipinski definition) is 1. The molecule has 0 fully saturated rings. The number of nitrogens with zero attached hydrogens (tertiary/aromatic N) is 1. The molecule has 8 heteroatoms. The molecule has 0 bridgehead atoms. The normalized spacial score (nSPS) is 16.4. The lowest BCUT2D eigenvalue weighted by molar-refractivity contribution is -0.0510. The fourth-order valence-corrected chi connectivity index (χ4v) is 1.29. The number of halogens is 3. The van der Waals surface area contributed by atoms with Crippen LogP contribution in [0.3, 0.4) is 0 Å². The number of hydrogen-bond acceptors (Lipinski definition) is 3. The molecule has 0 unspecified atom stereocenters. The van der Waals surface area contributed by atoms with Crippen molar-refractivity contribution in [1.29, 1.82) is 0 Å². The van der Waals surface area contributed by atoms with E-state index in [0.717, 1.165) is 0 Å². The molecule has 0 aliphatic carbocycles. The van der Waals surface area contributed by atoms with Crippen LogP contribution in [-0.4, -0.2) is 36.5 Å². The third-order valence-corrected chi connectivity index (χ3v) is 2.71. The van der Waals surface area contributed by atoms with E-state index in [-0.39, 0.29) is 0 Å². The van der Waals surface area contributed by atoms with E-state index in [0.29, 0.717) is 0 Å². The Kier molecular flexibility index (Phi) is 5.97. The highest BCUT2D eigenvalue weighted by molar-refractivity contribution is 7.86. The van der Waals surface area contributed by atoms with Crippen LogP contribution in [0.4, 0.5) is 13.2 Å². The van der Waals surface area contributed by atoms with Crippen LogP contribution in [0, 0.1) is 0 Å². The van der Waals surface area contributed by atoms with Crippen molar-refractivity contribution in [3.8, 4) is 0 Å². The molecule has 4 nitrogen and oxygen atoms in total. The van der Waals surface area contributed by atoms with Crippen LogP contribution in [0.5, 0.6) is 0 Å². The topological polar surface area (TPSA) is 57.6 Å².